The van der Waals surface area contributed by atoms with Gasteiger partial charge in [0.05, 0.1) is 0 Å². The van der Waals surface area contributed by atoms with Crippen molar-refractivity contribution in [2.45, 2.75) is 70.8 Å². The van der Waals surface area contributed by atoms with E-state index >= 15 is 0 Å². The lowest BCUT2D eigenvalue weighted by atomic mass is 9.77. The molecule has 190 valence electrons. The van der Waals surface area contributed by atoms with E-state index in [-0.39, 0.29) is 17.3 Å². The Morgan fingerprint density at radius 2 is 1.75 bits per heavy atom. The Labute approximate surface area is 213 Å². The van der Waals surface area contributed by atoms with Gasteiger partial charge in [-0.15, -0.1) is 0 Å². The van der Waals surface area contributed by atoms with Crippen molar-refractivity contribution >= 4 is 11.6 Å². The molecule has 0 bridgehead atoms. The SMILES string of the molecule is CC(=O)N(c1ccc(F)cc1)C1(CCN2CCc3ccc(-c4cc(C)on4)cc3CC2)CCCCC1. The minimum atomic E-state index is -0.272. The zero-order chi connectivity index (χ0) is 25.1. The quantitative estimate of drug-likeness (QED) is 0.406. The van der Waals surface area contributed by atoms with Crippen LogP contribution >= 0.6 is 0 Å². The van der Waals surface area contributed by atoms with Gasteiger partial charge in [0, 0.05) is 49.4 Å². The Kier molecular flexibility index (Phi) is 7.24. The number of amides is 1. The van der Waals surface area contributed by atoms with E-state index in [0.717, 1.165) is 87.3 Å². The van der Waals surface area contributed by atoms with Crippen LogP contribution in [0.4, 0.5) is 10.1 Å². The third-order valence-corrected chi connectivity index (χ3v) is 8.08. The number of aryl methyl sites for hydroxylation is 1. The van der Waals surface area contributed by atoms with Gasteiger partial charge in [-0.1, -0.05) is 36.6 Å². The number of nitrogens with zero attached hydrogens (tertiary/aromatic N) is 3. The largest absolute Gasteiger partial charge is 0.361 e. The highest BCUT2D eigenvalue weighted by Crippen LogP contribution is 2.40. The predicted octanol–water partition coefficient (Wildman–Crippen LogP) is 6.34. The zero-order valence-corrected chi connectivity index (χ0v) is 21.4. The molecule has 0 radical (unpaired) electrons. The molecule has 1 saturated carbocycles. The number of carbonyl (C=O) groups excluding carboxylic acids is 1. The van der Waals surface area contributed by atoms with Crippen LogP contribution in [0.15, 0.2) is 53.1 Å². The van der Waals surface area contributed by atoms with Gasteiger partial charge in [0.25, 0.3) is 0 Å². The molecule has 1 amide bonds. The van der Waals surface area contributed by atoms with E-state index in [2.05, 4.69) is 28.3 Å². The van der Waals surface area contributed by atoms with Gasteiger partial charge >= 0.3 is 0 Å². The second-order valence-electron chi connectivity index (χ2n) is 10.5. The van der Waals surface area contributed by atoms with Gasteiger partial charge in [0.15, 0.2) is 0 Å². The third kappa shape index (κ3) is 5.24. The number of hydrogen-bond acceptors (Lipinski definition) is 4. The fraction of sp³-hybridized carbons (Fsp3) is 0.467. The summed E-state index contributed by atoms with van der Waals surface area (Å²) >= 11 is 0. The maximum absolute atomic E-state index is 13.6. The summed E-state index contributed by atoms with van der Waals surface area (Å²) < 4.78 is 18.9. The molecule has 0 atom stereocenters. The van der Waals surface area contributed by atoms with Crippen LogP contribution in [0.5, 0.6) is 0 Å². The second-order valence-corrected chi connectivity index (χ2v) is 10.5. The van der Waals surface area contributed by atoms with Gasteiger partial charge in [0.1, 0.15) is 17.3 Å². The lowest BCUT2D eigenvalue weighted by molar-refractivity contribution is -0.118. The van der Waals surface area contributed by atoms with Crippen molar-refractivity contribution in [3.63, 3.8) is 0 Å². The Morgan fingerprint density at radius 3 is 2.42 bits per heavy atom. The fourth-order valence-corrected chi connectivity index (χ4v) is 6.20. The number of aromatic nitrogens is 1. The van der Waals surface area contributed by atoms with E-state index < -0.39 is 0 Å². The fourth-order valence-electron chi connectivity index (χ4n) is 6.20. The third-order valence-electron chi connectivity index (χ3n) is 8.08. The smallest absolute Gasteiger partial charge is 0.224 e. The molecule has 0 spiro atoms. The average molecular weight is 490 g/mol. The number of hydrogen-bond donors (Lipinski definition) is 0. The molecule has 1 aliphatic carbocycles. The van der Waals surface area contributed by atoms with Crippen molar-refractivity contribution in [1.29, 1.82) is 0 Å². The average Bonchev–Trinajstić information content (AvgIpc) is 3.21. The monoisotopic (exact) mass is 489 g/mol. The Bertz CT molecular complexity index is 1200. The van der Waals surface area contributed by atoms with Crippen LogP contribution in [0.3, 0.4) is 0 Å². The van der Waals surface area contributed by atoms with Crippen molar-refractivity contribution < 1.29 is 13.7 Å². The molecule has 6 heteroatoms. The van der Waals surface area contributed by atoms with Crippen LogP contribution < -0.4 is 4.90 Å². The highest BCUT2D eigenvalue weighted by Gasteiger charge is 2.40. The van der Waals surface area contributed by atoms with Gasteiger partial charge in [-0.3, -0.25) is 4.79 Å². The van der Waals surface area contributed by atoms with E-state index in [9.17, 15) is 9.18 Å². The summed E-state index contributed by atoms with van der Waals surface area (Å²) in [5, 5.41) is 4.18. The number of rotatable bonds is 6. The number of fused-ring (bicyclic) bond motifs is 1. The Hall–Kier alpha value is -2.99. The number of carbonyl (C=O) groups is 1. The molecule has 0 N–H and O–H groups in total. The van der Waals surface area contributed by atoms with Gasteiger partial charge in [-0.2, -0.15) is 0 Å². The molecule has 0 saturated heterocycles. The predicted molar refractivity (Wildman–Crippen MR) is 141 cm³/mol. The summed E-state index contributed by atoms with van der Waals surface area (Å²) in [6.07, 6.45) is 8.42. The molecule has 2 heterocycles. The molecule has 1 aromatic heterocycles. The number of benzene rings is 2. The molecular formula is C30H36FN3O2. The van der Waals surface area contributed by atoms with E-state index in [0.29, 0.717) is 0 Å². The summed E-state index contributed by atoms with van der Waals surface area (Å²) in [4.78, 5) is 17.5. The van der Waals surface area contributed by atoms with Gasteiger partial charge in [-0.05, 0) is 80.5 Å². The van der Waals surface area contributed by atoms with Crippen molar-refractivity contribution in [3.05, 3.63) is 71.2 Å². The molecule has 36 heavy (non-hydrogen) atoms. The summed E-state index contributed by atoms with van der Waals surface area (Å²) in [7, 11) is 0. The van der Waals surface area contributed by atoms with Gasteiger partial charge in [0.2, 0.25) is 5.91 Å². The van der Waals surface area contributed by atoms with Crippen LogP contribution in [-0.2, 0) is 17.6 Å². The topological polar surface area (TPSA) is 49.6 Å². The van der Waals surface area contributed by atoms with Crippen molar-refractivity contribution in [1.82, 2.24) is 10.1 Å². The van der Waals surface area contributed by atoms with Crippen LogP contribution in [-0.4, -0.2) is 41.1 Å². The first-order valence-electron chi connectivity index (χ1n) is 13.3. The highest BCUT2D eigenvalue weighted by atomic mass is 19.1. The van der Waals surface area contributed by atoms with Crippen LogP contribution in [0.2, 0.25) is 0 Å². The summed E-state index contributed by atoms with van der Waals surface area (Å²) in [6.45, 7) is 6.54. The molecule has 1 aliphatic heterocycles. The maximum atomic E-state index is 13.6. The summed E-state index contributed by atoms with van der Waals surface area (Å²) in [5.74, 6) is 0.594. The van der Waals surface area contributed by atoms with E-state index in [1.807, 2.05) is 17.9 Å². The minimum absolute atomic E-state index is 0.0439. The van der Waals surface area contributed by atoms with Crippen LogP contribution in [0.1, 0.15) is 62.3 Å². The molecule has 0 unspecified atom stereocenters. The summed E-state index contributed by atoms with van der Waals surface area (Å²) in [6, 6.07) is 15.1. The van der Waals surface area contributed by atoms with Crippen molar-refractivity contribution in [2.75, 3.05) is 24.5 Å². The first-order valence-corrected chi connectivity index (χ1v) is 13.3. The van der Waals surface area contributed by atoms with E-state index in [1.165, 1.54) is 29.7 Å². The molecular weight excluding hydrogens is 453 g/mol. The Morgan fingerprint density at radius 1 is 1.03 bits per heavy atom. The first-order chi connectivity index (χ1) is 17.4. The first kappa shape index (κ1) is 24.7. The minimum Gasteiger partial charge on any atom is -0.361 e. The van der Waals surface area contributed by atoms with Gasteiger partial charge < -0.3 is 14.3 Å². The maximum Gasteiger partial charge on any atom is 0.224 e. The molecule has 2 aliphatic rings. The van der Waals surface area contributed by atoms with Gasteiger partial charge in [-0.25, -0.2) is 4.39 Å². The second kappa shape index (κ2) is 10.6. The normalized spacial score (nSPS) is 17.9. The number of halogens is 1. The zero-order valence-electron chi connectivity index (χ0n) is 21.4. The number of anilines is 1. The Balaban J connectivity index is 1.31. The van der Waals surface area contributed by atoms with Crippen molar-refractivity contribution in [3.8, 4) is 11.3 Å². The molecule has 5 nitrogen and oxygen atoms in total. The van der Waals surface area contributed by atoms with E-state index in [4.69, 9.17) is 4.52 Å². The van der Waals surface area contributed by atoms with Crippen LogP contribution in [0.25, 0.3) is 11.3 Å². The summed E-state index contributed by atoms with van der Waals surface area (Å²) in [5.41, 5.74) is 5.39. The van der Waals surface area contributed by atoms with Crippen molar-refractivity contribution in [2.24, 2.45) is 0 Å². The molecule has 2 aromatic carbocycles. The lowest BCUT2D eigenvalue weighted by Gasteiger charge is -2.47. The molecule has 3 aromatic rings. The molecule has 1 fully saturated rings. The highest BCUT2D eigenvalue weighted by molar-refractivity contribution is 5.93. The van der Waals surface area contributed by atoms with Crippen LogP contribution in [0, 0.1) is 12.7 Å². The standard InChI is InChI=1S/C30H36FN3O2/c1-22-20-29(32-36-22)26-7-6-24-12-17-33(18-13-25(24)21-26)19-16-30(14-4-3-5-15-30)34(23(2)35)28-10-8-27(31)9-11-28/h6-11,20-21H,3-5,12-19H2,1-2H3. The lowest BCUT2D eigenvalue weighted by Crippen LogP contribution is -2.54. The molecule has 5 rings (SSSR count). The van der Waals surface area contributed by atoms with E-state index in [1.54, 1.807) is 19.1 Å².